The van der Waals surface area contributed by atoms with Gasteiger partial charge in [0.2, 0.25) is 17.8 Å². The van der Waals surface area contributed by atoms with Gasteiger partial charge in [0.05, 0.1) is 0 Å². The molecule has 0 unspecified atom stereocenters. The number of anilines is 3. The second kappa shape index (κ2) is 9.52. The average molecular weight is 250 g/mol. The molecular weight excluding hydrogens is 238 g/mol. The Morgan fingerprint density at radius 1 is 0.588 bits per heavy atom. The molecule has 0 fully saturated rings. The van der Waals surface area contributed by atoms with Crippen molar-refractivity contribution >= 4 is 32.5 Å². The lowest BCUT2D eigenvalue weighted by atomic mass is 10.3. The highest BCUT2D eigenvalue weighted by molar-refractivity contribution is 6.30. The van der Waals surface area contributed by atoms with Crippen LogP contribution >= 0.6 is 0 Å². The Morgan fingerprint density at radius 3 is 0.824 bits per heavy atom. The predicted octanol–water partition coefficient (Wildman–Crippen LogP) is -5.49. The summed E-state index contributed by atoms with van der Waals surface area (Å²) in [7, 11) is -4.33. The van der Waals surface area contributed by atoms with Gasteiger partial charge in [0.15, 0.2) is 0 Å². The fourth-order valence-corrected chi connectivity index (χ4v) is 0.427. The molecule has 1 heterocycles. The lowest BCUT2D eigenvalue weighted by Gasteiger charge is -1.93. The minimum atomic E-state index is -2.17. The zero-order chi connectivity index (χ0) is 14.0. The number of hydrogen-bond donors (Lipinski definition) is 9. The SMILES string of the molecule is Nc1nc(N)nc(N)n1.OB(O)O.OB(O)O. The predicted molar refractivity (Wildman–Crippen MR) is 57.9 cm³/mol. The van der Waals surface area contributed by atoms with Crippen molar-refractivity contribution < 1.29 is 30.1 Å². The van der Waals surface area contributed by atoms with Crippen molar-refractivity contribution in [2.75, 3.05) is 17.2 Å². The minimum absolute atomic E-state index is 0.0417. The molecule has 1 aromatic heterocycles. The summed E-state index contributed by atoms with van der Waals surface area (Å²) in [6.45, 7) is 0. The van der Waals surface area contributed by atoms with Gasteiger partial charge < -0.3 is 47.3 Å². The monoisotopic (exact) mass is 250 g/mol. The van der Waals surface area contributed by atoms with E-state index in [1.54, 1.807) is 0 Å². The van der Waals surface area contributed by atoms with Crippen LogP contribution in [0.4, 0.5) is 17.8 Å². The standard InChI is InChI=1S/C3H6N6.2BH3O3/c4-1-7-2(5)9-3(6)8-1;2*2-1(3)4/h(H6,4,5,6,7,8,9);2*2-4H. The first-order valence-electron chi connectivity index (χ1n) is 3.76. The second-order valence-electron chi connectivity index (χ2n) is 2.10. The van der Waals surface area contributed by atoms with E-state index in [1.165, 1.54) is 0 Å². The van der Waals surface area contributed by atoms with Crippen LogP contribution in [0.2, 0.25) is 0 Å². The van der Waals surface area contributed by atoms with Gasteiger partial charge >= 0.3 is 14.6 Å². The highest BCUT2D eigenvalue weighted by Crippen LogP contribution is 1.97. The number of nitrogens with zero attached hydrogens (tertiary/aromatic N) is 3. The molecule has 1 rings (SSSR count). The maximum absolute atomic E-state index is 7.17. The molecule has 0 aromatic carbocycles. The normalized spacial score (nSPS) is 8.12. The van der Waals surface area contributed by atoms with Gasteiger partial charge in [-0.2, -0.15) is 15.0 Å². The van der Waals surface area contributed by atoms with E-state index in [0.29, 0.717) is 0 Å². The highest BCUT2D eigenvalue weighted by Gasteiger charge is 1.94. The summed E-state index contributed by atoms with van der Waals surface area (Å²) in [4.78, 5) is 10.5. The summed E-state index contributed by atoms with van der Waals surface area (Å²) in [5, 5.41) is 43.0. The van der Waals surface area contributed by atoms with Crippen molar-refractivity contribution in [2.24, 2.45) is 0 Å². The third-order valence-corrected chi connectivity index (χ3v) is 0.687. The Hall–Kier alpha value is -1.70. The zero-order valence-corrected chi connectivity index (χ0v) is 8.41. The first-order valence-corrected chi connectivity index (χ1v) is 3.76. The lowest BCUT2D eigenvalue weighted by Crippen LogP contribution is -2.07. The van der Waals surface area contributed by atoms with Crippen LogP contribution in [0, 0.1) is 0 Å². The Kier molecular flexibility index (Phi) is 9.91. The van der Waals surface area contributed by atoms with E-state index in [2.05, 4.69) is 15.0 Å². The van der Waals surface area contributed by atoms with Crippen LogP contribution in [0.3, 0.4) is 0 Å². The van der Waals surface area contributed by atoms with E-state index in [-0.39, 0.29) is 17.8 Å². The number of hydrogen-bond acceptors (Lipinski definition) is 12. The fourth-order valence-electron chi connectivity index (χ4n) is 0.427. The van der Waals surface area contributed by atoms with E-state index in [0.717, 1.165) is 0 Å². The maximum Gasteiger partial charge on any atom is 0.631 e. The Labute approximate surface area is 95.7 Å². The van der Waals surface area contributed by atoms with Crippen molar-refractivity contribution in [2.45, 2.75) is 0 Å². The Morgan fingerprint density at radius 2 is 0.706 bits per heavy atom. The van der Waals surface area contributed by atoms with Gasteiger partial charge in [0, 0.05) is 0 Å². The molecule has 0 aliphatic rings. The number of aromatic nitrogens is 3. The molecule has 1 aromatic rings. The molecule has 12 nitrogen and oxygen atoms in total. The summed E-state index contributed by atoms with van der Waals surface area (Å²) >= 11 is 0. The van der Waals surface area contributed by atoms with Crippen LogP contribution in [0.25, 0.3) is 0 Å². The fraction of sp³-hybridized carbons (Fsp3) is 0. The van der Waals surface area contributed by atoms with Crippen molar-refractivity contribution in [3.05, 3.63) is 0 Å². The van der Waals surface area contributed by atoms with Gasteiger partial charge in [0.25, 0.3) is 0 Å². The smallest absolute Gasteiger partial charge is 0.402 e. The Bertz CT molecular complexity index is 252. The van der Waals surface area contributed by atoms with E-state index in [4.69, 9.17) is 47.3 Å². The summed E-state index contributed by atoms with van der Waals surface area (Å²) < 4.78 is 0. The molecule has 0 saturated carbocycles. The first kappa shape index (κ1) is 17.7. The molecule has 0 aliphatic carbocycles. The number of nitrogens with two attached hydrogens (primary N) is 3. The van der Waals surface area contributed by atoms with Crippen molar-refractivity contribution in [1.82, 2.24) is 15.0 Å². The van der Waals surface area contributed by atoms with Crippen molar-refractivity contribution in [3.8, 4) is 0 Å². The molecule has 0 saturated heterocycles. The van der Waals surface area contributed by atoms with Crippen LogP contribution in [0.1, 0.15) is 0 Å². The van der Waals surface area contributed by atoms with Crippen LogP contribution in [-0.4, -0.2) is 59.7 Å². The molecule has 12 N–H and O–H groups in total. The molecular formula is C3H12B2N6O6. The second-order valence-corrected chi connectivity index (χ2v) is 2.10. The van der Waals surface area contributed by atoms with Gasteiger partial charge in [-0.25, -0.2) is 0 Å². The molecule has 17 heavy (non-hydrogen) atoms. The third kappa shape index (κ3) is 20.4. The first-order chi connectivity index (χ1) is 7.65. The largest absolute Gasteiger partial charge is 0.631 e. The van der Waals surface area contributed by atoms with E-state index in [1.807, 2.05) is 0 Å². The van der Waals surface area contributed by atoms with Gasteiger partial charge in [-0.05, 0) is 0 Å². The minimum Gasteiger partial charge on any atom is -0.402 e. The highest BCUT2D eigenvalue weighted by atomic mass is 16.5. The van der Waals surface area contributed by atoms with Crippen LogP contribution in [0.5, 0.6) is 0 Å². The van der Waals surface area contributed by atoms with E-state index >= 15 is 0 Å². The van der Waals surface area contributed by atoms with Crippen molar-refractivity contribution in [1.29, 1.82) is 0 Å². The van der Waals surface area contributed by atoms with Crippen LogP contribution < -0.4 is 17.2 Å². The summed E-state index contributed by atoms with van der Waals surface area (Å²) in [6, 6.07) is 0. The zero-order valence-electron chi connectivity index (χ0n) is 8.41. The maximum atomic E-state index is 7.17. The summed E-state index contributed by atoms with van der Waals surface area (Å²) in [6.07, 6.45) is 0. The van der Waals surface area contributed by atoms with E-state index in [9.17, 15) is 0 Å². The van der Waals surface area contributed by atoms with Crippen molar-refractivity contribution in [3.63, 3.8) is 0 Å². The molecule has 0 bridgehead atoms. The topological polar surface area (TPSA) is 238 Å². The summed E-state index contributed by atoms with van der Waals surface area (Å²) in [5.74, 6) is 0.125. The molecule has 0 spiro atoms. The molecule has 14 heteroatoms. The third-order valence-electron chi connectivity index (χ3n) is 0.687. The van der Waals surface area contributed by atoms with Gasteiger partial charge in [0.1, 0.15) is 0 Å². The average Bonchev–Trinajstić information content (AvgIpc) is 1.96. The van der Waals surface area contributed by atoms with Crippen LogP contribution in [-0.2, 0) is 0 Å². The Balaban J connectivity index is 0. The van der Waals surface area contributed by atoms with E-state index < -0.39 is 14.6 Å². The lowest BCUT2D eigenvalue weighted by molar-refractivity contribution is 0.276. The van der Waals surface area contributed by atoms with Crippen LogP contribution in [0.15, 0.2) is 0 Å². The number of nitrogen functional groups attached to an aromatic ring is 3. The number of rotatable bonds is 0. The summed E-state index contributed by atoms with van der Waals surface area (Å²) in [5.41, 5.74) is 15.4. The molecule has 0 amide bonds. The van der Waals surface area contributed by atoms with Gasteiger partial charge in [-0.3, -0.25) is 0 Å². The molecule has 0 aliphatic heterocycles. The van der Waals surface area contributed by atoms with Gasteiger partial charge in [-0.15, -0.1) is 0 Å². The van der Waals surface area contributed by atoms with Gasteiger partial charge in [-0.1, -0.05) is 0 Å². The molecule has 96 valence electrons. The molecule has 0 radical (unpaired) electrons. The molecule has 0 atom stereocenters. The quantitative estimate of drug-likeness (QED) is 0.196.